The molecule has 4 heteroatoms. The van der Waals surface area contributed by atoms with Gasteiger partial charge in [-0.3, -0.25) is 0 Å². The molecule has 1 atom stereocenters. The van der Waals surface area contributed by atoms with Gasteiger partial charge in [0.25, 0.3) is 0 Å². The zero-order valence-electron chi connectivity index (χ0n) is 13.7. The number of hydrogen-bond donors (Lipinski definition) is 2. The summed E-state index contributed by atoms with van der Waals surface area (Å²) in [6.07, 6.45) is 6.69. The molecule has 0 aromatic carbocycles. The highest BCUT2D eigenvalue weighted by molar-refractivity contribution is 5.46. The summed E-state index contributed by atoms with van der Waals surface area (Å²) >= 11 is 0. The maximum atomic E-state index is 4.56. The molecule has 0 radical (unpaired) electrons. The standard InChI is InChI=1S/C16H30N4/c1-6-10-17-16-18-11-13(4)15(20-16)19-14(5)9-7-8-12(2)3/h11-12,14H,6-10H2,1-5H3,(H2,17,18,19,20). The van der Waals surface area contributed by atoms with Crippen molar-refractivity contribution in [2.75, 3.05) is 17.2 Å². The summed E-state index contributed by atoms with van der Waals surface area (Å²) in [6.45, 7) is 11.9. The lowest BCUT2D eigenvalue weighted by atomic mass is 10.0. The van der Waals surface area contributed by atoms with Gasteiger partial charge in [0.2, 0.25) is 5.95 Å². The Morgan fingerprint density at radius 3 is 2.60 bits per heavy atom. The molecule has 0 aliphatic rings. The van der Waals surface area contributed by atoms with E-state index in [1.54, 1.807) is 0 Å². The minimum absolute atomic E-state index is 0.446. The molecule has 0 fully saturated rings. The fraction of sp³-hybridized carbons (Fsp3) is 0.750. The topological polar surface area (TPSA) is 49.8 Å². The van der Waals surface area contributed by atoms with Crippen LogP contribution < -0.4 is 10.6 Å². The van der Waals surface area contributed by atoms with E-state index in [0.717, 1.165) is 30.3 Å². The minimum Gasteiger partial charge on any atom is -0.367 e. The van der Waals surface area contributed by atoms with Crippen LogP contribution in [0.15, 0.2) is 6.20 Å². The van der Waals surface area contributed by atoms with Crippen molar-refractivity contribution in [2.24, 2.45) is 5.92 Å². The summed E-state index contributed by atoms with van der Waals surface area (Å²) in [6, 6.07) is 0.446. The summed E-state index contributed by atoms with van der Waals surface area (Å²) in [4.78, 5) is 8.87. The minimum atomic E-state index is 0.446. The van der Waals surface area contributed by atoms with Crippen molar-refractivity contribution in [3.8, 4) is 0 Å². The highest BCUT2D eigenvalue weighted by Gasteiger charge is 2.08. The van der Waals surface area contributed by atoms with E-state index in [1.807, 2.05) is 13.1 Å². The Hall–Kier alpha value is -1.32. The van der Waals surface area contributed by atoms with Crippen LogP contribution in [0.5, 0.6) is 0 Å². The monoisotopic (exact) mass is 278 g/mol. The van der Waals surface area contributed by atoms with Gasteiger partial charge in [0, 0.05) is 24.3 Å². The van der Waals surface area contributed by atoms with Gasteiger partial charge in [0.05, 0.1) is 0 Å². The lowest BCUT2D eigenvalue weighted by molar-refractivity contribution is 0.520. The van der Waals surface area contributed by atoms with E-state index in [4.69, 9.17) is 0 Å². The summed E-state index contributed by atoms with van der Waals surface area (Å²) in [7, 11) is 0. The van der Waals surface area contributed by atoms with Crippen LogP contribution in [-0.2, 0) is 0 Å². The van der Waals surface area contributed by atoms with Gasteiger partial charge in [-0.2, -0.15) is 4.98 Å². The molecule has 1 heterocycles. The van der Waals surface area contributed by atoms with Crippen molar-refractivity contribution in [1.29, 1.82) is 0 Å². The predicted octanol–water partition coefficient (Wildman–Crippen LogP) is 4.23. The van der Waals surface area contributed by atoms with Gasteiger partial charge in [0.15, 0.2) is 0 Å². The molecule has 1 aromatic heterocycles. The molecule has 0 bridgehead atoms. The molecule has 0 aliphatic carbocycles. The van der Waals surface area contributed by atoms with Crippen LogP contribution in [0.2, 0.25) is 0 Å². The van der Waals surface area contributed by atoms with E-state index >= 15 is 0 Å². The Morgan fingerprint density at radius 2 is 1.95 bits per heavy atom. The number of nitrogens with one attached hydrogen (secondary N) is 2. The Labute approximate surface area is 123 Å². The fourth-order valence-electron chi connectivity index (χ4n) is 2.05. The Balaban J connectivity index is 2.52. The molecule has 4 nitrogen and oxygen atoms in total. The van der Waals surface area contributed by atoms with E-state index in [0.29, 0.717) is 12.0 Å². The molecule has 1 rings (SSSR count). The lowest BCUT2D eigenvalue weighted by Crippen LogP contribution is -2.18. The number of rotatable bonds is 9. The average molecular weight is 278 g/mol. The normalized spacial score (nSPS) is 12.5. The third-order valence-electron chi connectivity index (χ3n) is 3.31. The molecular weight excluding hydrogens is 248 g/mol. The summed E-state index contributed by atoms with van der Waals surface area (Å²) in [5.74, 6) is 2.46. The van der Waals surface area contributed by atoms with Crippen molar-refractivity contribution in [3.05, 3.63) is 11.8 Å². The number of aromatic nitrogens is 2. The number of nitrogens with zero attached hydrogens (tertiary/aromatic N) is 2. The van der Waals surface area contributed by atoms with E-state index < -0.39 is 0 Å². The first kappa shape index (κ1) is 16.7. The number of aryl methyl sites for hydroxylation is 1. The maximum Gasteiger partial charge on any atom is 0.224 e. The first-order valence-electron chi connectivity index (χ1n) is 7.87. The van der Waals surface area contributed by atoms with Gasteiger partial charge >= 0.3 is 0 Å². The van der Waals surface area contributed by atoms with Crippen LogP contribution in [0.4, 0.5) is 11.8 Å². The van der Waals surface area contributed by atoms with E-state index in [-0.39, 0.29) is 0 Å². The molecule has 1 aromatic rings. The predicted molar refractivity (Wildman–Crippen MR) is 87.3 cm³/mol. The maximum absolute atomic E-state index is 4.56. The van der Waals surface area contributed by atoms with Crippen LogP contribution in [0.1, 0.15) is 58.9 Å². The zero-order valence-corrected chi connectivity index (χ0v) is 13.7. The van der Waals surface area contributed by atoms with Crippen LogP contribution >= 0.6 is 0 Å². The van der Waals surface area contributed by atoms with Crippen molar-refractivity contribution in [2.45, 2.75) is 66.3 Å². The van der Waals surface area contributed by atoms with Crippen LogP contribution in [0, 0.1) is 12.8 Å². The molecule has 2 N–H and O–H groups in total. The second-order valence-corrected chi connectivity index (χ2v) is 6.02. The highest BCUT2D eigenvalue weighted by atomic mass is 15.1. The first-order chi connectivity index (χ1) is 9.52. The summed E-state index contributed by atoms with van der Waals surface area (Å²) in [5.41, 5.74) is 1.10. The Bertz CT molecular complexity index is 390. The van der Waals surface area contributed by atoms with Gasteiger partial charge in [-0.15, -0.1) is 0 Å². The van der Waals surface area contributed by atoms with Crippen molar-refractivity contribution < 1.29 is 0 Å². The fourth-order valence-corrected chi connectivity index (χ4v) is 2.05. The third kappa shape index (κ3) is 6.22. The number of hydrogen-bond acceptors (Lipinski definition) is 4. The van der Waals surface area contributed by atoms with Crippen molar-refractivity contribution >= 4 is 11.8 Å². The largest absolute Gasteiger partial charge is 0.367 e. The van der Waals surface area contributed by atoms with Gasteiger partial charge < -0.3 is 10.6 Å². The zero-order chi connectivity index (χ0) is 15.0. The van der Waals surface area contributed by atoms with Gasteiger partial charge in [-0.25, -0.2) is 4.98 Å². The van der Waals surface area contributed by atoms with E-state index in [9.17, 15) is 0 Å². The Kier molecular flexibility index (Phi) is 7.34. The van der Waals surface area contributed by atoms with Crippen LogP contribution in [-0.4, -0.2) is 22.6 Å². The average Bonchev–Trinajstić information content (AvgIpc) is 2.39. The van der Waals surface area contributed by atoms with Crippen LogP contribution in [0.3, 0.4) is 0 Å². The molecule has 0 spiro atoms. The SMILES string of the molecule is CCCNc1ncc(C)c(NC(C)CCCC(C)C)n1. The van der Waals surface area contributed by atoms with Crippen molar-refractivity contribution in [3.63, 3.8) is 0 Å². The Morgan fingerprint density at radius 1 is 1.20 bits per heavy atom. The summed E-state index contributed by atoms with van der Waals surface area (Å²) in [5, 5.41) is 6.74. The van der Waals surface area contributed by atoms with Crippen molar-refractivity contribution in [1.82, 2.24) is 9.97 Å². The van der Waals surface area contributed by atoms with Gasteiger partial charge in [-0.05, 0) is 32.6 Å². The second-order valence-electron chi connectivity index (χ2n) is 6.02. The van der Waals surface area contributed by atoms with E-state index in [2.05, 4.69) is 48.3 Å². The van der Waals surface area contributed by atoms with E-state index in [1.165, 1.54) is 19.3 Å². The highest BCUT2D eigenvalue weighted by Crippen LogP contribution is 2.16. The number of anilines is 2. The van der Waals surface area contributed by atoms with Gasteiger partial charge in [-0.1, -0.05) is 33.6 Å². The molecule has 1 unspecified atom stereocenters. The molecule has 114 valence electrons. The smallest absolute Gasteiger partial charge is 0.224 e. The third-order valence-corrected chi connectivity index (χ3v) is 3.31. The molecule has 0 saturated carbocycles. The molecule has 20 heavy (non-hydrogen) atoms. The van der Waals surface area contributed by atoms with Gasteiger partial charge in [0.1, 0.15) is 5.82 Å². The lowest BCUT2D eigenvalue weighted by Gasteiger charge is -2.17. The quantitative estimate of drug-likeness (QED) is 0.709. The summed E-state index contributed by atoms with van der Waals surface area (Å²) < 4.78 is 0. The first-order valence-corrected chi connectivity index (χ1v) is 7.87. The molecule has 0 amide bonds. The molecule has 0 aliphatic heterocycles. The molecular formula is C16H30N4. The second kappa shape index (κ2) is 8.77. The molecule has 0 saturated heterocycles. The van der Waals surface area contributed by atoms with Crippen LogP contribution in [0.25, 0.3) is 0 Å².